The second kappa shape index (κ2) is 6.56. The lowest BCUT2D eigenvalue weighted by Crippen LogP contribution is -2.28. The van der Waals surface area contributed by atoms with E-state index in [9.17, 15) is 44.3 Å². The molecule has 0 fully saturated rings. The molecule has 0 atom stereocenters. The summed E-state index contributed by atoms with van der Waals surface area (Å²) in [5, 5.41) is 0. The number of hydrogen-bond acceptors (Lipinski definition) is 3. The fourth-order valence-electron chi connectivity index (χ4n) is 2.22. The number of benzene rings is 1. The maximum Gasteiger partial charge on any atom is 0.435 e. The third-order valence-corrected chi connectivity index (χ3v) is 3.45. The minimum absolute atomic E-state index is 0.132. The molecule has 28 heavy (non-hydrogen) atoms. The van der Waals surface area contributed by atoms with Gasteiger partial charge in [-0.3, -0.25) is 9.36 Å². The Balaban J connectivity index is 2.96. The minimum atomic E-state index is -5.28. The molecule has 0 spiro atoms. The zero-order chi connectivity index (χ0) is 21.7. The summed E-state index contributed by atoms with van der Waals surface area (Å²) in [6.07, 6.45) is -15.2. The molecule has 2 aromatic rings. The van der Waals surface area contributed by atoms with E-state index in [0.29, 0.717) is 6.20 Å². The van der Waals surface area contributed by atoms with Gasteiger partial charge in [-0.1, -0.05) is 6.58 Å². The summed E-state index contributed by atoms with van der Waals surface area (Å²) in [5.41, 5.74) is -4.46. The van der Waals surface area contributed by atoms with Crippen molar-refractivity contribution < 1.29 is 39.5 Å². The molecule has 2 rings (SSSR count). The second-order valence-corrected chi connectivity index (χ2v) is 5.35. The summed E-state index contributed by atoms with van der Waals surface area (Å²) in [5.74, 6) is -1.14. The Bertz CT molecular complexity index is 952. The number of rotatable bonds is 2. The van der Waals surface area contributed by atoms with Crippen LogP contribution in [0.1, 0.15) is 16.8 Å². The van der Waals surface area contributed by atoms with E-state index in [-0.39, 0.29) is 22.8 Å². The van der Waals surface area contributed by atoms with Gasteiger partial charge in [0.15, 0.2) is 5.69 Å². The standard InChI is InChI=1S/C15H8F9N3O/c1-2-27-11(26-10(15(22,23)24)9(25)12(27)28)6-3-7(13(16,17)18)5-8(4-6)14(19,20)21/h2-5H,1,25H2. The quantitative estimate of drug-likeness (QED) is 0.724. The highest BCUT2D eigenvalue weighted by Gasteiger charge is 2.39. The largest absolute Gasteiger partial charge is 0.435 e. The molecule has 152 valence electrons. The van der Waals surface area contributed by atoms with Crippen molar-refractivity contribution in [3.8, 4) is 11.4 Å². The fraction of sp³-hybridized carbons (Fsp3) is 0.200. The van der Waals surface area contributed by atoms with E-state index < -0.39 is 58.0 Å². The summed E-state index contributed by atoms with van der Waals surface area (Å²) in [6.45, 7) is 3.09. The van der Waals surface area contributed by atoms with Crippen LogP contribution in [0.5, 0.6) is 0 Å². The van der Waals surface area contributed by atoms with Gasteiger partial charge in [0, 0.05) is 11.8 Å². The fourth-order valence-corrected chi connectivity index (χ4v) is 2.22. The summed E-state index contributed by atoms with van der Waals surface area (Å²) in [6, 6.07) is 0.0442. The SMILES string of the molecule is C=Cn1c(-c2cc(C(F)(F)F)cc(C(F)(F)F)c2)nc(C(F)(F)F)c(N)c1=O. The first-order valence-electron chi connectivity index (χ1n) is 6.99. The average molecular weight is 417 g/mol. The smallest absolute Gasteiger partial charge is 0.392 e. The van der Waals surface area contributed by atoms with Crippen LogP contribution in [-0.4, -0.2) is 9.55 Å². The van der Waals surface area contributed by atoms with Crippen LogP contribution in [0.25, 0.3) is 17.6 Å². The number of nitrogen functional groups attached to an aromatic ring is 1. The van der Waals surface area contributed by atoms with E-state index in [0.717, 1.165) is 0 Å². The maximum atomic E-state index is 13.0. The molecular weight excluding hydrogens is 409 g/mol. The summed E-state index contributed by atoms with van der Waals surface area (Å²) >= 11 is 0. The van der Waals surface area contributed by atoms with Crippen LogP contribution in [0, 0.1) is 0 Å². The van der Waals surface area contributed by atoms with Crippen molar-refractivity contribution in [1.29, 1.82) is 0 Å². The maximum absolute atomic E-state index is 13.0. The Morgan fingerprint density at radius 3 is 1.71 bits per heavy atom. The lowest BCUT2D eigenvalue weighted by Gasteiger charge is -2.17. The number of nitrogens with two attached hydrogens (primary N) is 1. The van der Waals surface area contributed by atoms with E-state index in [1.165, 1.54) is 0 Å². The molecule has 1 aromatic heterocycles. The van der Waals surface area contributed by atoms with E-state index >= 15 is 0 Å². The Labute approximate surface area is 149 Å². The van der Waals surface area contributed by atoms with Crippen molar-refractivity contribution in [2.24, 2.45) is 0 Å². The first kappa shape index (κ1) is 21.3. The zero-order valence-electron chi connectivity index (χ0n) is 13.3. The predicted molar refractivity (Wildman–Crippen MR) is 79.7 cm³/mol. The normalized spacial score (nSPS) is 12.9. The number of hydrogen-bond donors (Lipinski definition) is 1. The highest BCUT2D eigenvalue weighted by Crippen LogP contribution is 2.39. The van der Waals surface area contributed by atoms with Crippen molar-refractivity contribution in [3.05, 3.63) is 52.0 Å². The van der Waals surface area contributed by atoms with Gasteiger partial charge in [0.25, 0.3) is 5.56 Å². The Kier molecular flexibility index (Phi) is 5.00. The first-order valence-corrected chi connectivity index (χ1v) is 6.99. The highest BCUT2D eigenvalue weighted by molar-refractivity contribution is 5.63. The van der Waals surface area contributed by atoms with Crippen molar-refractivity contribution in [2.75, 3.05) is 5.73 Å². The lowest BCUT2D eigenvalue weighted by molar-refractivity contribution is -0.143. The van der Waals surface area contributed by atoms with E-state index in [1.54, 1.807) is 0 Å². The van der Waals surface area contributed by atoms with Gasteiger partial charge >= 0.3 is 18.5 Å². The molecule has 0 aliphatic carbocycles. The average Bonchev–Trinajstić information content (AvgIpc) is 2.53. The van der Waals surface area contributed by atoms with Gasteiger partial charge < -0.3 is 5.73 Å². The third-order valence-electron chi connectivity index (χ3n) is 3.45. The highest BCUT2D eigenvalue weighted by atomic mass is 19.4. The minimum Gasteiger partial charge on any atom is -0.392 e. The first-order chi connectivity index (χ1) is 12.6. The molecule has 0 saturated carbocycles. The summed E-state index contributed by atoms with van der Waals surface area (Å²) in [7, 11) is 0. The van der Waals surface area contributed by atoms with Crippen LogP contribution in [0.4, 0.5) is 45.2 Å². The van der Waals surface area contributed by atoms with Crippen LogP contribution in [0.3, 0.4) is 0 Å². The van der Waals surface area contributed by atoms with Gasteiger partial charge in [0.1, 0.15) is 11.5 Å². The molecule has 1 heterocycles. The van der Waals surface area contributed by atoms with E-state index in [2.05, 4.69) is 11.6 Å². The summed E-state index contributed by atoms with van der Waals surface area (Å²) in [4.78, 5) is 15.0. The van der Waals surface area contributed by atoms with Gasteiger partial charge in [-0.25, -0.2) is 4.98 Å². The molecule has 0 saturated heterocycles. The van der Waals surface area contributed by atoms with Gasteiger partial charge in [0.05, 0.1) is 11.1 Å². The van der Waals surface area contributed by atoms with E-state index in [1.807, 2.05) is 0 Å². The molecule has 0 bridgehead atoms. The van der Waals surface area contributed by atoms with Crippen molar-refractivity contribution in [3.63, 3.8) is 0 Å². The number of anilines is 1. The molecule has 0 aliphatic heterocycles. The molecule has 1 aromatic carbocycles. The Morgan fingerprint density at radius 2 is 1.36 bits per heavy atom. The zero-order valence-corrected chi connectivity index (χ0v) is 13.3. The van der Waals surface area contributed by atoms with Crippen LogP contribution in [-0.2, 0) is 18.5 Å². The Hall–Kier alpha value is -2.99. The molecule has 4 nitrogen and oxygen atoms in total. The second-order valence-electron chi connectivity index (χ2n) is 5.35. The molecule has 0 aliphatic rings. The number of alkyl halides is 9. The number of nitrogens with zero attached hydrogens (tertiary/aromatic N) is 2. The van der Waals surface area contributed by atoms with Crippen LogP contribution < -0.4 is 11.3 Å². The Morgan fingerprint density at radius 1 is 0.893 bits per heavy atom. The molecule has 0 radical (unpaired) electrons. The van der Waals surface area contributed by atoms with Crippen LogP contribution in [0.2, 0.25) is 0 Å². The molecule has 0 unspecified atom stereocenters. The lowest BCUT2D eigenvalue weighted by atomic mass is 10.0. The monoisotopic (exact) mass is 417 g/mol. The molecule has 0 amide bonds. The topological polar surface area (TPSA) is 60.9 Å². The number of aromatic nitrogens is 2. The molecular formula is C15H8F9N3O. The number of halogens is 9. The van der Waals surface area contributed by atoms with Crippen molar-refractivity contribution >= 4 is 11.9 Å². The molecule has 13 heteroatoms. The van der Waals surface area contributed by atoms with Crippen LogP contribution >= 0.6 is 0 Å². The summed E-state index contributed by atoms with van der Waals surface area (Å²) < 4.78 is 117. The van der Waals surface area contributed by atoms with Gasteiger partial charge in [-0.05, 0) is 18.2 Å². The van der Waals surface area contributed by atoms with Gasteiger partial charge in [0.2, 0.25) is 0 Å². The van der Waals surface area contributed by atoms with Crippen molar-refractivity contribution in [2.45, 2.75) is 18.5 Å². The van der Waals surface area contributed by atoms with Crippen LogP contribution in [0.15, 0.2) is 29.6 Å². The predicted octanol–water partition coefficient (Wildman–Crippen LogP) is 4.65. The van der Waals surface area contributed by atoms with Crippen molar-refractivity contribution in [1.82, 2.24) is 9.55 Å². The van der Waals surface area contributed by atoms with Gasteiger partial charge in [-0.15, -0.1) is 0 Å². The molecule has 2 N–H and O–H groups in total. The van der Waals surface area contributed by atoms with E-state index in [4.69, 9.17) is 5.73 Å². The third kappa shape index (κ3) is 3.97. The van der Waals surface area contributed by atoms with Gasteiger partial charge in [-0.2, -0.15) is 39.5 Å².